The topological polar surface area (TPSA) is 108 Å². The van der Waals surface area contributed by atoms with Crippen molar-refractivity contribution in [2.45, 2.75) is 19.4 Å². The van der Waals surface area contributed by atoms with Gasteiger partial charge in [0.1, 0.15) is 22.7 Å². The van der Waals surface area contributed by atoms with E-state index in [-0.39, 0.29) is 6.04 Å². The van der Waals surface area contributed by atoms with Gasteiger partial charge in [0, 0.05) is 44.1 Å². The Labute approximate surface area is 187 Å². The number of aromatic nitrogens is 10. The van der Waals surface area contributed by atoms with Crippen LogP contribution in [0.4, 0.5) is 11.6 Å². The minimum Gasteiger partial charge on any atom is -0.297 e. The molecule has 1 aliphatic heterocycles. The zero-order valence-electron chi connectivity index (χ0n) is 17.7. The zero-order valence-corrected chi connectivity index (χ0v) is 18.5. The lowest BCUT2D eigenvalue weighted by Gasteiger charge is -2.35. The van der Waals surface area contributed by atoms with Gasteiger partial charge >= 0.3 is 0 Å². The summed E-state index contributed by atoms with van der Waals surface area (Å²) in [5.74, 6) is 2.97. The Morgan fingerprint density at radius 2 is 2.03 bits per heavy atom. The third kappa shape index (κ3) is 2.76. The highest BCUT2D eigenvalue weighted by molar-refractivity contribution is 7.13. The van der Waals surface area contributed by atoms with Crippen LogP contribution >= 0.6 is 11.3 Å². The average molecular weight is 446 g/mol. The number of hydrogen-bond donors (Lipinski definition) is 0. The maximum Gasteiger partial charge on any atom is 0.165 e. The summed E-state index contributed by atoms with van der Waals surface area (Å²) in [6.45, 7) is 2.12. The lowest BCUT2D eigenvalue weighted by atomic mass is 10.1. The van der Waals surface area contributed by atoms with Crippen molar-refractivity contribution in [3.8, 4) is 27.8 Å². The molecule has 12 heteroatoms. The molecule has 0 saturated heterocycles. The molecule has 32 heavy (non-hydrogen) atoms. The van der Waals surface area contributed by atoms with Crippen molar-refractivity contribution >= 4 is 23.0 Å². The highest BCUT2D eigenvalue weighted by atomic mass is 32.1. The lowest BCUT2D eigenvalue weighted by molar-refractivity contribution is 0.581. The molecule has 6 heterocycles. The smallest absolute Gasteiger partial charge is 0.165 e. The molecule has 0 radical (unpaired) electrons. The van der Waals surface area contributed by atoms with Crippen molar-refractivity contribution in [3.63, 3.8) is 0 Å². The van der Waals surface area contributed by atoms with Crippen molar-refractivity contribution in [1.29, 1.82) is 0 Å². The fourth-order valence-corrected chi connectivity index (χ4v) is 4.71. The molecule has 0 N–H and O–H groups in total. The summed E-state index contributed by atoms with van der Waals surface area (Å²) >= 11 is 1.54. The molecular weight excluding hydrogens is 426 g/mol. The third-order valence-electron chi connectivity index (χ3n) is 5.46. The fraction of sp³-hybridized carbons (Fsp3) is 0.250. The van der Waals surface area contributed by atoms with Crippen molar-refractivity contribution < 1.29 is 0 Å². The molecule has 0 saturated carbocycles. The van der Waals surface area contributed by atoms with Crippen LogP contribution in [0.2, 0.25) is 0 Å². The molecular formula is C20H19N11S. The Kier molecular flexibility index (Phi) is 4.15. The monoisotopic (exact) mass is 445 g/mol. The largest absolute Gasteiger partial charge is 0.297 e. The van der Waals surface area contributed by atoms with E-state index in [9.17, 15) is 0 Å². The molecule has 5 aromatic rings. The molecule has 1 unspecified atom stereocenters. The van der Waals surface area contributed by atoms with Crippen molar-refractivity contribution in [3.05, 3.63) is 48.4 Å². The van der Waals surface area contributed by atoms with E-state index in [4.69, 9.17) is 9.97 Å². The van der Waals surface area contributed by atoms with Crippen LogP contribution in [0.15, 0.2) is 42.6 Å². The third-order valence-corrected chi connectivity index (χ3v) is 6.24. The van der Waals surface area contributed by atoms with Gasteiger partial charge in [0.05, 0.1) is 17.8 Å². The summed E-state index contributed by atoms with van der Waals surface area (Å²) in [5.41, 5.74) is 2.40. The zero-order chi connectivity index (χ0) is 21.8. The van der Waals surface area contributed by atoms with Crippen LogP contribution in [-0.4, -0.2) is 49.3 Å². The molecule has 6 rings (SSSR count). The maximum absolute atomic E-state index is 5.02. The molecule has 0 aromatic carbocycles. The number of anilines is 2. The summed E-state index contributed by atoms with van der Waals surface area (Å²) in [4.78, 5) is 16.3. The average Bonchev–Trinajstić information content (AvgIpc) is 3.58. The second kappa shape index (κ2) is 7.05. The number of thiazole rings is 1. The normalized spacial score (nSPS) is 15.1. The Morgan fingerprint density at radius 1 is 1.12 bits per heavy atom. The van der Waals surface area contributed by atoms with Crippen LogP contribution in [0.25, 0.3) is 27.8 Å². The first kappa shape index (κ1) is 18.8. The van der Waals surface area contributed by atoms with Gasteiger partial charge in [-0.2, -0.15) is 10.2 Å². The SMILES string of the molecule is CCC1c2nncn2-c2cnc(-c3cn(C)nc3-c3nccs3)nc2N1c1ccn(C)n1. The molecule has 0 spiro atoms. The van der Waals surface area contributed by atoms with E-state index >= 15 is 0 Å². The highest BCUT2D eigenvalue weighted by Gasteiger charge is 2.36. The number of aryl methyl sites for hydroxylation is 2. The number of fused-ring (bicyclic) bond motifs is 3. The van der Waals surface area contributed by atoms with E-state index in [1.54, 1.807) is 21.9 Å². The minimum absolute atomic E-state index is 0.0602. The summed E-state index contributed by atoms with van der Waals surface area (Å²) in [6, 6.07) is 1.92. The molecule has 0 aliphatic carbocycles. The molecule has 0 fully saturated rings. The highest BCUT2D eigenvalue weighted by Crippen LogP contribution is 2.43. The van der Waals surface area contributed by atoms with Crippen molar-refractivity contribution in [1.82, 2.24) is 49.3 Å². The van der Waals surface area contributed by atoms with Crippen LogP contribution in [0.3, 0.4) is 0 Å². The predicted molar refractivity (Wildman–Crippen MR) is 119 cm³/mol. The van der Waals surface area contributed by atoms with Gasteiger partial charge in [-0.25, -0.2) is 15.0 Å². The first-order valence-corrected chi connectivity index (χ1v) is 11.0. The molecule has 1 aliphatic rings. The van der Waals surface area contributed by atoms with Gasteiger partial charge in [0.2, 0.25) is 0 Å². The van der Waals surface area contributed by atoms with Crippen LogP contribution < -0.4 is 4.90 Å². The van der Waals surface area contributed by atoms with Crippen LogP contribution in [0.5, 0.6) is 0 Å². The summed E-state index contributed by atoms with van der Waals surface area (Å²) < 4.78 is 5.50. The van der Waals surface area contributed by atoms with E-state index in [0.717, 1.165) is 45.8 Å². The predicted octanol–water partition coefficient (Wildman–Crippen LogP) is 2.92. The van der Waals surface area contributed by atoms with Gasteiger partial charge in [0.15, 0.2) is 23.3 Å². The Balaban J connectivity index is 1.57. The molecule has 0 bridgehead atoms. The van der Waals surface area contributed by atoms with E-state index in [1.165, 1.54) is 11.3 Å². The first-order valence-electron chi connectivity index (χ1n) is 10.1. The van der Waals surface area contributed by atoms with Crippen LogP contribution in [0.1, 0.15) is 25.2 Å². The van der Waals surface area contributed by atoms with Crippen LogP contribution in [0, 0.1) is 0 Å². The van der Waals surface area contributed by atoms with E-state index in [1.807, 2.05) is 48.7 Å². The molecule has 11 nitrogen and oxygen atoms in total. The van der Waals surface area contributed by atoms with Gasteiger partial charge < -0.3 is 0 Å². The Bertz CT molecular complexity index is 1410. The molecule has 5 aromatic heterocycles. The van der Waals surface area contributed by atoms with E-state index in [2.05, 4.69) is 37.2 Å². The van der Waals surface area contributed by atoms with Gasteiger partial charge in [-0.1, -0.05) is 6.92 Å². The van der Waals surface area contributed by atoms with Gasteiger partial charge in [-0.05, 0) is 6.42 Å². The lowest BCUT2D eigenvalue weighted by Crippen LogP contribution is -2.32. The van der Waals surface area contributed by atoms with E-state index < -0.39 is 0 Å². The summed E-state index contributed by atoms with van der Waals surface area (Å²) in [7, 11) is 3.79. The van der Waals surface area contributed by atoms with Crippen molar-refractivity contribution in [2.75, 3.05) is 4.90 Å². The standard InChI is InChI=1S/C20H19N11S/c1-4-13-19-25-23-11-30(19)14-9-22-17(24-18(14)31(13)15-5-7-28(2)26-15)12-10-29(3)27-16(12)20-21-6-8-32-20/h5-11,13H,4H2,1-3H3. The minimum atomic E-state index is -0.0602. The first-order chi connectivity index (χ1) is 15.6. The molecule has 1 atom stereocenters. The maximum atomic E-state index is 5.02. The van der Waals surface area contributed by atoms with Gasteiger partial charge in [-0.15, -0.1) is 21.5 Å². The summed E-state index contributed by atoms with van der Waals surface area (Å²) in [5, 5.41) is 20.6. The Morgan fingerprint density at radius 3 is 2.78 bits per heavy atom. The van der Waals surface area contributed by atoms with Crippen LogP contribution in [-0.2, 0) is 14.1 Å². The molecule has 160 valence electrons. The second-order valence-electron chi connectivity index (χ2n) is 7.51. The summed E-state index contributed by atoms with van der Waals surface area (Å²) in [6.07, 6.45) is 9.95. The molecule has 0 amide bonds. The number of rotatable bonds is 4. The second-order valence-corrected chi connectivity index (χ2v) is 8.40. The van der Waals surface area contributed by atoms with Crippen molar-refractivity contribution in [2.24, 2.45) is 14.1 Å². The van der Waals surface area contributed by atoms with E-state index in [0.29, 0.717) is 5.82 Å². The fourth-order valence-electron chi connectivity index (χ4n) is 4.08. The van der Waals surface area contributed by atoms with Gasteiger partial charge in [0.25, 0.3) is 0 Å². The number of nitrogens with zero attached hydrogens (tertiary/aromatic N) is 11. The Hall–Kier alpha value is -3.93. The number of hydrogen-bond acceptors (Lipinski definition) is 9. The van der Waals surface area contributed by atoms with Gasteiger partial charge in [-0.3, -0.25) is 18.8 Å². The quantitative estimate of drug-likeness (QED) is 0.415.